The zero-order chi connectivity index (χ0) is 9.52. The van der Waals surface area contributed by atoms with E-state index in [2.05, 4.69) is 17.3 Å². The Balaban J connectivity index is 1.96. The van der Waals surface area contributed by atoms with E-state index in [4.69, 9.17) is 5.73 Å². The Bertz CT molecular complexity index is 119. The first-order valence-corrected chi connectivity index (χ1v) is 5.42. The van der Waals surface area contributed by atoms with Crippen molar-refractivity contribution in [1.29, 1.82) is 0 Å². The normalized spacial score (nSPS) is 20.8. The van der Waals surface area contributed by atoms with Crippen molar-refractivity contribution in [2.45, 2.75) is 25.7 Å². The van der Waals surface area contributed by atoms with Crippen molar-refractivity contribution in [3.63, 3.8) is 0 Å². The Morgan fingerprint density at radius 2 is 2.08 bits per heavy atom. The van der Waals surface area contributed by atoms with Gasteiger partial charge in [0.25, 0.3) is 0 Å². The number of nitrogens with one attached hydrogen (secondary N) is 1. The minimum Gasteiger partial charge on any atom is -0.318 e. The predicted octanol–water partition coefficient (Wildman–Crippen LogP) is 0.614. The first-order chi connectivity index (χ1) is 6.33. The van der Waals surface area contributed by atoms with Gasteiger partial charge in [0.2, 0.25) is 0 Å². The summed E-state index contributed by atoms with van der Waals surface area (Å²) in [6, 6.07) is 0. The van der Waals surface area contributed by atoms with Crippen LogP contribution in [-0.4, -0.2) is 38.3 Å². The number of piperidine rings is 1. The molecule has 0 bridgehead atoms. The molecule has 1 aliphatic heterocycles. The zero-order valence-corrected chi connectivity index (χ0v) is 8.76. The fraction of sp³-hybridized carbons (Fsp3) is 1.00. The highest BCUT2D eigenvalue weighted by molar-refractivity contribution is 4.70. The zero-order valence-electron chi connectivity index (χ0n) is 8.76. The van der Waals surface area contributed by atoms with Crippen molar-refractivity contribution < 1.29 is 0 Å². The lowest BCUT2D eigenvalue weighted by Gasteiger charge is -2.28. The number of hydrogen-bond donors (Lipinski definition) is 2. The van der Waals surface area contributed by atoms with Gasteiger partial charge in [0.15, 0.2) is 0 Å². The van der Waals surface area contributed by atoms with E-state index in [1.165, 1.54) is 38.8 Å². The second-order valence-corrected chi connectivity index (χ2v) is 4.09. The summed E-state index contributed by atoms with van der Waals surface area (Å²) in [6.45, 7) is 4.28. The third-order valence-corrected chi connectivity index (χ3v) is 2.95. The molecule has 0 spiro atoms. The third kappa shape index (κ3) is 4.60. The molecule has 0 unspecified atom stereocenters. The number of nitrogens with two attached hydrogens (primary N) is 1. The summed E-state index contributed by atoms with van der Waals surface area (Å²) in [4.78, 5) is 2.43. The average Bonchev–Trinajstić information content (AvgIpc) is 2.15. The molecule has 3 nitrogen and oxygen atoms in total. The molecule has 1 rings (SSSR count). The number of nitrogens with zero attached hydrogens (tertiary/aromatic N) is 1. The number of rotatable bonds is 5. The first-order valence-electron chi connectivity index (χ1n) is 5.42. The largest absolute Gasteiger partial charge is 0.318 e. The molecule has 13 heavy (non-hydrogen) atoms. The van der Waals surface area contributed by atoms with Crippen LogP contribution < -0.4 is 11.1 Å². The topological polar surface area (TPSA) is 41.3 Å². The molecule has 3 heteroatoms. The molecule has 1 saturated heterocycles. The van der Waals surface area contributed by atoms with Crippen LogP contribution in [0.3, 0.4) is 0 Å². The highest BCUT2D eigenvalue weighted by atomic mass is 15.1. The van der Waals surface area contributed by atoms with Crippen LogP contribution in [0.4, 0.5) is 0 Å². The molecule has 1 fully saturated rings. The Morgan fingerprint density at radius 1 is 1.38 bits per heavy atom. The number of hydrogen-bond acceptors (Lipinski definition) is 3. The van der Waals surface area contributed by atoms with Crippen molar-refractivity contribution >= 4 is 0 Å². The minimum absolute atomic E-state index is 0.618. The lowest BCUT2D eigenvalue weighted by molar-refractivity contribution is 0.210. The maximum Gasteiger partial charge on any atom is 0.0428 e. The van der Waals surface area contributed by atoms with E-state index in [9.17, 15) is 0 Å². The summed E-state index contributed by atoms with van der Waals surface area (Å²) in [5.41, 5.74) is 5.35. The highest BCUT2D eigenvalue weighted by Crippen LogP contribution is 2.20. The molecule has 1 heterocycles. The molecule has 1 aliphatic rings. The fourth-order valence-corrected chi connectivity index (χ4v) is 1.97. The van der Waals surface area contributed by atoms with Gasteiger partial charge in [-0.3, -0.25) is 0 Å². The molecule has 0 amide bonds. The van der Waals surface area contributed by atoms with Gasteiger partial charge in [0.05, 0.1) is 0 Å². The van der Waals surface area contributed by atoms with Crippen LogP contribution in [0.1, 0.15) is 25.7 Å². The lowest BCUT2D eigenvalue weighted by atomic mass is 9.92. The van der Waals surface area contributed by atoms with E-state index in [1.54, 1.807) is 0 Å². The van der Waals surface area contributed by atoms with Crippen molar-refractivity contribution in [2.24, 2.45) is 11.7 Å². The number of likely N-dealkylation sites (tertiary alicyclic amines) is 1. The summed E-state index contributed by atoms with van der Waals surface area (Å²) < 4.78 is 0. The van der Waals surface area contributed by atoms with Crippen molar-refractivity contribution in [3.05, 3.63) is 0 Å². The summed E-state index contributed by atoms with van der Waals surface area (Å²) in [7, 11) is 2.21. The van der Waals surface area contributed by atoms with Gasteiger partial charge in [-0.1, -0.05) is 0 Å². The van der Waals surface area contributed by atoms with E-state index >= 15 is 0 Å². The molecule has 0 atom stereocenters. The molecule has 78 valence electrons. The molecule has 0 aromatic carbocycles. The fourth-order valence-electron chi connectivity index (χ4n) is 1.97. The SMILES string of the molecule is CN1CCC(CCCNCN)CC1. The summed E-state index contributed by atoms with van der Waals surface area (Å²) >= 11 is 0. The third-order valence-electron chi connectivity index (χ3n) is 2.95. The highest BCUT2D eigenvalue weighted by Gasteiger charge is 2.15. The maximum atomic E-state index is 5.35. The standard InChI is InChI=1S/C10H23N3/c1-13-7-4-10(5-8-13)3-2-6-12-9-11/h10,12H,2-9,11H2,1H3. The van der Waals surface area contributed by atoms with Gasteiger partial charge in [0.1, 0.15) is 0 Å². The van der Waals surface area contributed by atoms with Crippen molar-refractivity contribution in [2.75, 3.05) is 33.4 Å². The van der Waals surface area contributed by atoms with Crippen LogP contribution in [0.2, 0.25) is 0 Å². The minimum atomic E-state index is 0.618. The van der Waals surface area contributed by atoms with Gasteiger partial charge in [-0.05, 0) is 58.3 Å². The van der Waals surface area contributed by atoms with Crippen LogP contribution in [0, 0.1) is 5.92 Å². The van der Waals surface area contributed by atoms with Crippen LogP contribution in [0.15, 0.2) is 0 Å². The van der Waals surface area contributed by atoms with Gasteiger partial charge in [-0.25, -0.2) is 0 Å². The summed E-state index contributed by atoms with van der Waals surface area (Å²) in [5.74, 6) is 0.968. The van der Waals surface area contributed by atoms with Gasteiger partial charge in [-0.2, -0.15) is 0 Å². The van der Waals surface area contributed by atoms with Crippen molar-refractivity contribution in [1.82, 2.24) is 10.2 Å². The average molecular weight is 185 g/mol. The monoisotopic (exact) mass is 185 g/mol. The van der Waals surface area contributed by atoms with Gasteiger partial charge in [-0.15, -0.1) is 0 Å². The van der Waals surface area contributed by atoms with Crippen molar-refractivity contribution in [3.8, 4) is 0 Å². The molecule has 0 aromatic rings. The van der Waals surface area contributed by atoms with Crippen LogP contribution in [0.25, 0.3) is 0 Å². The Hall–Kier alpha value is -0.120. The van der Waals surface area contributed by atoms with Gasteiger partial charge < -0.3 is 16.0 Å². The maximum absolute atomic E-state index is 5.35. The lowest BCUT2D eigenvalue weighted by Crippen LogP contribution is -2.30. The molecule has 0 saturated carbocycles. The van der Waals surface area contributed by atoms with Crippen LogP contribution >= 0.6 is 0 Å². The molecular formula is C10H23N3. The van der Waals surface area contributed by atoms with Crippen LogP contribution in [0.5, 0.6) is 0 Å². The van der Waals surface area contributed by atoms with E-state index in [0.29, 0.717) is 6.67 Å². The smallest absolute Gasteiger partial charge is 0.0428 e. The van der Waals surface area contributed by atoms with Gasteiger partial charge in [0, 0.05) is 6.67 Å². The second kappa shape index (κ2) is 6.35. The Kier molecular flexibility index (Phi) is 5.35. The van der Waals surface area contributed by atoms with E-state index in [-0.39, 0.29) is 0 Å². The summed E-state index contributed by atoms with van der Waals surface area (Å²) in [5, 5.41) is 3.16. The van der Waals surface area contributed by atoms with E-state index in [1.807, 2.05) is 0 Å². The Morgan fingerprint density at radius 3 is 2.69 bits per heavy atom. The molecule has 0 aromatic heterocycles. The van der Waals surface area contributed by atoms with E-state index < -0.39 is 0 Å². The second-order valence-electron chi connectivity index (χ2n) is 4.09. The van der Waals surface area contributed by atoms with Crippen LogP contribution in [-0.2, 0) is 0 Å². The Labute approximate surface area is 81.7 Å². The molecule has 0 radical (unpaired) electrons. The molecular weight excluding hydrogens is 162 g/mol. The molecule has 0 aliphatic carbocycles. The van der Waals surface area contributed by atoms with E-state index in [0.717, 1.165) is 12.5 Å². The summed E-state index contributed by atoms with van der Waals surface area (Å²) in [6.07, 6.45) is 5.44. The quantitative estimate of drug-likeness (QED) is 0.487. The first kappa shape index (κ1) is 11.0. The van der Waals surface area contributed by atoms with Gasteiger partial charge >= 0.3 is 0 Å². The predicted molar refractivity (Wildman–Crippen MR) is 56.5 cm³/mol. The molecule has 3 N–H and O–H groups in total.